The summed E-state index contributed by atoms with van der Waals surface area (Å²) in [5.74, 6) is 4.09. The van der Waals surface area contributed by atoms with Crippen LogP contribution in [0.2, 0.25) is 0 Å². The molecule has 0 radical (unpaired) electrons. The maximum Gasteiger partial charge on any atom is 0.110 e. The molecular formula is C14H16N2S. The van der Waals surface area contributed by atoms with E-state index in [0.717, 1.165) is 41.1 Å². The van der Waals surface area contributed by atoms with Crippen LogP contribution >= 0.6 is 11.3 Å². The standard InChI is InChI=1S/C14H16N2S/c15-6-10-3-4-11(17-10)7-16-14-12-8-1-2-9(5-8)13(12)14/h3-4,8-9,12-14,16H,1-2,5,7H2. The number of nitrogens with zero attached hydrogens (tertiary/aromatic N) is 1. The lowest BCUT2D eigenvalue weighted by molar-refractivity contribution is 0.456. The SMILES string of the molecule is N#Cc1ccc(CNC2C3C4CCC(C4)C23)s1. The quantitative estimate of drug-likeness (QED) is 0.887. The van der Waals surface area contributed by atoms with E-state index in [1.807, 2.05) is 6.07 Å². The van der Waals surface area contributed by atoms with Gasteiger partial charge >= 0.3 is 0 Å². The average molecular weight is 244 g/mol. The van der Waals surface area contributed by atoms with Gasteiger partial charge in [-0.1, -0.05) is 0 Å². The minimum absolute atomic E-state index is 0.800. The number of hydrogen-bond acceptors (Lipinski definition) is 3. The molecule has 1 heterocycles. The van der Waals surface area contributed by atoms with Crippen molar-refractivity contribution in [1.82, 2.24) is 5.32 Å². The summed E-state index contributed by atoms with van der Waals surface area (Å²) in [6, 6.07) is 7.02. The van der Waals surface area contributed by atoms with Crippen molar-refractivity contribution in [2.24, 2.45) is 23.7 Å². The zero-order chi connectivity index (χ0) is 11.4. The Balaban J connectivity index is 1.37. The molecule has 4 rings (SSSR count). The minimum atomic E-state index is 0.800. The van der Waals surface area contributed by atoms with Crippen molar-refractivity contribution >= 4 is 11.3 Å². The van der Waals surface area contributed by atoms with Gasteiger partial charge in [0.25, 0.3) is 0 Å². The van der Waals surface area contributed by atoms with Crippen LogP contribution in [0, 0.1) is 35.0 Å². The van der Waals surface area contributed by atoms with Gasteiger partial charge in [-0.2, -0.15) is 5.26 Å². The van der Waals surface area contributed by atoms with Crippen LogP contribution in [0.3, 0.4) is 0 Å². The van der Waals surface area contributed by atoms with E-state index < -0.39 is 0 Å². The Labute approximate surface area is 106 Å². The van der Waals surface area contributed by atoms with Gasteiger partial charge in [0.2, 0.25) is 0 Å². The minimum Gasteiger partial charge on any atom is -0.309 e. The zero-order valence-corrected chi connectivity index (χ0v) is 10.5. The number of hydrogen-bond donors (Lipinski definition) is 1. The molecule has 1 aromatic heterocycles. The fraction of sp³-hybridized carbons (Fsp3) is 0.643. The van der Waals surface area contributed by atoms with E-state index in [0.29, 0.717) is 0 Å². The Morgan fingerprint density at radius 3 is 2.71 bits per heavy atom. The third-order valence-electron chi connectivity index (χ3n) is 5.02. The topological polar surface area (TPSA) is 35.8 Å². The van der Waals surface area contributed by atoms with Gasteiger partial charge in [0.05, 0.1) is 0 Å². The van der Waals surface area contributed by atoms with E-state index in [4.69, 9.17) is 5.26 Å². The van der Waals surface area contributed by atoms with Crippen molar-refractivity contribution in [2.45, 2.75) is 31.8 Å². The highest BCUT2D eigenvalue weighted by molar-refractivity contribution is 7.12. The van der Waals surface area contributed by atoms with Crippen molar-refractivity contribution in [3.63, 3.8) is 0 Å². The molecule has 3 fully saturated rings. The van der Waals surface area contributed by atoms with Crippen molar-refractivity contribution in [2.75, 3.05) is 0 Å². The average Bonchev–Trinajstić information content (AvgIpc) is 2.81. The molecule has 3 aliphatic rings. The van der Waals surface area contributed by atoms with Crippen LogP contribution in [0.5, 0.6) is 0 Å². The molecule has 0 aliphatic heterocycles. The lowest BCUT2D eigenvalue weighted by atomic mass is 10.0. The van der Waals surface area contributed by atoms with Gasteiger partial charge in [-0.05, 0) is 55.1 Å². The molecule has 3 heteroatoms. The molecule has 0 spiro atoms. The molecule has 88 valence electrons. The second-order valence-electron chi connectivity index (χ2n) is 5.77. The predicted molar refractivity (Wildman–Crippen MR) is 67.5 cm³/mol. The molecule has 0 saturated heterocycles. The Morgan fingerprint density at radius 2 is 2.06 bits per heavy atom. The van der Waals surface area contributed by atoms with Gasteiger partial charge in [0, 0.05) is 17.5 Å². The number of thiophene rings is 1. The highest BCUT2D eigenvalue weighted by atomic mass is 32.1. The second kappa shape index (κ2) is 3.57. The fourth-order valence-corrected chi connectivity index (χ4v) is 5.11. The number of fused-ring (bicyclic) bond motifs is 5. The Kier molecular flexibility index (Phi) is 2.12. The largest absolute Gasteiger partial charge is 0.309 e. The number of rotatable bonds is 3. The van der Waals surface area contributed by atoms with Crippen LogP contribution in [0.1, 0.15) is 29.0 Å². The van der Waals surface area contributed by atoms with E-state index in [2.05, 4.69) is 17.5 Å². The molecule has 1 N–H and O–H groups in total. The lowest BCUT2D eigenvalue weighted by Crippen LogP contribution is -2.21. The van der Waals surface area contributed by atoms with Gasteiger partial charge in [-0.3, -0.25) is 0 Å². The van der Waals surface area contributed by atoms with Crippen molar-refractivity contribution in [3.8, 4) is 6.07 Å². The maximum absolute atomic E-state index is 8.79. The fourth-order valence-electron chi connectivity index (χ4n) is 4.35. The van der Waals surface area contributed by atoms with E-state index in [1.165, 1.54) is 24.1 Å². The van der Waals surface area contributed by atoms with Crippen molar-refractivity contribution in [3.05, 3.63) is 21.9 Å². The van der Waals surface area contributed by atoms with E-state index >= 15 is 0 Å². The Hall–Kier alpha value is -0.850. The summed E-state index contributed by atoms with van der Waals surface area (Å²) in [5.41, 5.74) is 0. The molecule has 0 amide bonds. The molecule has 0 aromatic carbocycles. The van der Waals surface area contributed by atoms with E-state index in [9.17, 15) is 0 Å². The highest BCUT2D eigenvalue weighted by Crippen LogP contribution is 2.65. The van der Waals surface area contributed by atoms with Gasteiger partial charge in [0.15, 0.2) is 0 Å². The first-order valence-electron chi connectivity index (χ1n) is 6.59. The van der Waals surface area contributed by atoms with Crippen molar-refractivity contribution in [1.29, 1.82) is 5.26 Å². The first-order valence-corrected chi connectivity index (χ1v) is 7.40. The zero-order valence-electron chi connectivity index (χ0n) is 9.73. The normalized spacial score (nSPS) is 41.2. The van der Waals surface area contributed by atoms with Crippen molar-refractivity contribution < 1.29 is 0 Å². The molecule has 3 saturated carbocycles. The van der Waals surface area contributed by atoms with E-state index in [1.54, 1.807) is 11.3 Å². The molecule has 4 atom stereocenters. The van der Waals surface area contributed by atoms with Gasteiger partial charge in [0.1, 0.15) is 10.9 Å². The molecule has 4 unspecified atom stereocenters. The second-order valence-corrected chi connectivity index (χ2v) is 6.94. The maximum atomic E-state index is 8.79. The number of nitriles is 1. The van der Waals surface area contributed by atoms with Gasteiger partial charge < -0.3 is 5.32 Å². The van der Waals surface area contributed by atoms with Crippen LogP contribution in [0.15, 0.2) is 12.1 Å². The molecular weight excluding hydrogens is 228 g/mol. The van der Waals surface area contributed by atoms with Gasteiger partial charge in [-0.25, -0.2) is 0 Å². The first-order chi connectivity index (χ1) is 8.36. The molecule has 2 bridgehead atoms. The van der Waals surface area contributed by atoms with Crippen LogP contribution in [0.25, 0.3) is 0 Å². The summed E-state index contributed by atoms with van der Waals surface area (Å²) in [6.45, 7) is 0.962. The molecule has 3 aliphatic carbocycles. The Bertz CT molecular complexity index is 471. The molecule has 2 nitrogen and oxygen atoms in total. The smallest absolute Gasteiger partial charge is 0.110 e. The predicted octanol–water partition coefficient (Wildman–Crippen LogP) is 2.75. The third kappa shape index (κ3) is 1.47. The third-order valence-corrected chi connectivity index (χ3v) is 6.01. The molecule has 17 heavy (non-hydrogen) atoms. The highest BCUT2D eigenvalue weighted by Gasteiger charge is 2.64. The Morgan fingerprint density at radius 1 is 1.29 bits per heavy atom. The molecule has 1 aromatic rings. The summed E-state index contributed by atoms with van der Waals surface area (Å²) in [6.07, 6.45) is 4.49. The lowest BCUT2D eigenvalue weighted by Gasteiger charge is -2.09. The van der Waals surface area contributed by atoms with E-state index in [-0.39, 0.29) is 0 Å². The monoisotopic (exact) mass is 244 g/mol. The van der Waals surface area contributed by atoms with Crippen LogP contribution in [-0.2, 0) is 6.54 Å². The summed E-state index contributed by atoms with van der Waals surface area (Å²) in [7, 11) is 0. The first kappa shape index (κ1) is 10.1. The number of nitrogens with one attached hydrogen (secondary N) is 1. The summed E-state index contributed by atoms with van der Waals surface area (Å²) < 4.78 is 0. The van der Waals surface area contributed by atoms with Gasteiger partial charge in [-0.15, -0.1) is 11.3 Å². The van der Waals surface area contributed by atoms with Crippen LogP contribution in [-0.4, -0.2) is 6.04 Å². The van der Waals surface area contributed by atoms with Crippen LogP contribution in [0.4, 0.5) is 0 Å². The summed E-state index contributed by atoms with van der Waals surface area (Å²) in [4.78, 5) is 2.14. The van der Waals surface area contributed by atoms with Crippen LogP contribution < -0.4 is 5.32 Å². The summed E-state index contributed by atoms with van der Waals surface area (Å²) in [5, 5.41) is 12.5. The summed E-state index contributed by atoms with van der Waals surface area (Å²) >= 11 is 1.62.